The van der Waals surface area contributed by atoms with E-state index in [2.05, 4.69) is 19.3 Å². The standard InChI is InChI=1S/C17H36N2/c1-3-5-7-8-10-17(19-18)16-13-11-15(12-14-16)9-6-4-2/h15-17,19H,3-14,18H2,1-2H3. The molecular formula is C17H36N2. The van der Waals surface area contributed by atoms with Crippen LogP contribution in [0.15, 0.2) is 0 Å². The maximum absolute atomic E-state index is 5.78. The first-order valence-corrected chi connectivity index (χ1v) is 8.77. The molecular weight excluding hydrogens is 232 g/mol. The van der Waals surface area contributed by atoms with Gasteiger partial charge in [0.1, 0.15) is 0 Å². The van der Waals surface area contributed by atoms with Gasteiger partial charge in [0.15, 0.2) is 0 Å². The van der Waals surface area contributed by atoms with Crippen molar-refractivity contribution in [1.29, 1.82) is 0 Å². The van der Waals surface area contributed by atoms with E-state index in [-0.39, 0.29) is 0 Å². The molecule has 0 aromatic rings. The zero-order valence-electron chi connectivity index (χ0n) is 13.3. The molecule has 0 aliphatic heterocycles. The zero-order valence-corrected chi connectivity index (χ0v) is 13.3. The molecule has 0 aromatic carbocycles. The molecule has 1 unspecified atom stereocenters. The van der Waals surface area contributed by atoms with Crippen molar-refractivity contribution in [1.82, 2.24) is 5.43 Å². The van der Waals surface area contributed by atoms with E-state index in [1.807, 2.05) is 0 Å². The summed E-state index contributed by atoms with van der Waals surface area (Å²) in [4.78, 5) is 0. The molecule has 1 saturated carbocycles. The minimum atomic E-state index is 0.573. The van der Waals surface area contributed by atoms with Crippen LogP contribution in [0.25, 0.3) is 0 Å². The number of hydrogen-bond acceptors (Lipinski definition) is 2. The van der Waals surface area contributed by atoms with Gasteiger partial charge in [0.25, 0.3) is 0 Å². The molecule has 0 bridgehead atoms. The third-order valence-electron chi connectivity index (χ3n) is 5.01. The van der Waals surface area contributed by atoms with Gasteiger partial charge >= 0.3 is 0 Å². The Balaban J connectivity index is 2.19. The molecule has 1 rings (SSSR count). The molecule has 0 aromatic heterocycles. The average molecular weight is 268 g/mol. The Labute approximate surface area is 120 Å². The summed E-state index contributed by atoms with van der Waals surface area (Å²) in [5.41, 5.74) is 3.11. The Hall–Kier alpha value is -0.0800. The molecule has 2 heteroatoms. The van der Waals surface area contributed by atoms with Gasteiger partial charge in [-0.3, -0.25) is 11.3 Å². The van der Waals surface area contributed by atoms with Gasteiger partial charge in [0.05, 0.1) is 0 Å². The number of unbranched alkanes of at least 4 members (excludes halogenated alkanes) is 4. The molecule has 114 valence electrons. The molecule has 1 atom stereocenters. The molecule has 0 amide bonds. The topological polar surface area (TPSA) is 38.0 Å². The minimum Gasteiger partial charge on any atom is -0.271 e. The quantitative estimate of drug-likeness (QED) is 0.340. The predicted molar refractivity (Wildman–Crippen MR) is 84.8 cm³/mol. The molecule has 19 heavy (non-hydrogen) atoms. The first-order chi connectivity index (χ1) is 9.31. The highest BCUT2D eigenvalue weighted by atomic mass is 15.2. The van der Waals surface area contributed by atoms with E-state index in [0.717, 1.165) is 11.8 Å². The van der Waals surface area contributed by atoms with Crippen molar-refractivity contribution in [3.05, 3.63) is 0 Å². The summed E-state index contributed by atoms with van der Waals surface area (Å²) in [5, 5.41) is 0. The maximum Gasteiger partial charge on any atom is 0.0238 e. The highest BCUT2D eigenvalue weighted by Crippen LogP contribution is 2.34. The van der Waals surface area contributed by atoms with E-state index in [1.165, 1.54) is 77.0 Å². The molecule has 0 heterocycles. The summed E-state index contributed by atoms with van der Waals surface area (Å²) < 4.78 is 0. The lowest BCUT2D eigenvalue weighted by molar-refractivity contribution is 0.204. The van der Waals surface area contributed by atoms with E-state index in [0.29, 0.717) is 6.04 Å². The van der Waals surface area contributed by atoms with Crippen molar-refractivity contribution in [2.75, 3.05) is 0 Å². The molecule has 1 fully saturated rings. The summed E-state index contributed by atoms with van der Waals surface area (Å²) in [7, 11) is 0. The van der Waals surface area contributed by atoms with Gasteiger partial charge in [-0.1, -0.05) is 71.6 Å². The Morgan fingerprint density at radius 1 is 0.947 bits per heavy atom. The molecule has 1 aliphatic rings. The van der Waals surface area contributed by atoms with Crippen LogP contribution in [0.1, 0.15) is 90.9 Å². The van der Waals surface area contributed by atoms with E-state index in [4.69, 9.17) is 5.84 Å². The fourth-order valence-corrected chi connectivity index (χ4v) is 3.62. The number of hydrazine groups is 1. The monoisotopic (exact) mass is 268 g/mol. The van der Waals surface area contributed by atoms with Crippen LogP contribution < -0.4 is 11.3 Å². The van der Waals surface area contributed by atoms with E-state index in [9.17, 15) is 0 Å². The highest BCUT2D eigenvalue weighted by molar-refractivity contribution is 4.80. The molecule has 0 spiro atoms. The molecule has 0 saturated heterocycles. The van der Waals surface area contributed by atoms with E-state index < -0.39 is 0 Å². The lowest BCUT2D eigenvalue weighted by Crippen LogP contribution is -2.42. The normalized spacial score (nSPS) is 25.4. The number of nitrogens with two attached hydrogens (primary N) is 1. The lowest BCUT2D eigenvalue weighted by atomic mass is 9.76. The fourth-order valence-electron chi connectivity index (χ4n) is 3.62. The van der Waals surface area contributed by atoms with E-state index >= 15 is 0 Å². The minimum absolute atomic E-state index is 0.573. The first kappa shape index (κ1) is 17.0. The van der Waals surface area contributed by atoms with Crippen LogP contribution >= 0.6 is 0 Å². The largest absolute Gasteiger partial charge is 0.271 e. The molecule has 2 nitrogen and oxygen atoms in total. The van der Waals surface area contributed by atoms with Crippen LogP contribution in [-0.2, 0) is 0 Å². The van der Waals surface area contributed by atoms with Gasteiger partial charge in [-0.05, 0) is 31.1 Å². The maximum atomic E-state index is 5.78. The average Bonchev–Trinajstić information content (AvgIpc) is 2.46. The van der Waals surface area contributed by atoms with Crippen LogP contribution in [0.2, 0.25) is 0 Å². The number of rotatable bonds is 10. The van der Waals surface area contributed by atoms with Crippen molar-refractivity contribution < 1.29 is 0 Å². The molecule has 1 aliphatic carbocycles. The zero-order chi connectivity index (χ0) is 13.9. The van der Waals surface area contributed by atoms with Gasteiger partial charge in [-0.15, -0.1) is 0 Å². The Kier molecular flexibility index (Phi) is 9.54. The second-order valence-electron chi connectivity index (χ2n) is 6.55. The van der Waals surface area contributed by atoms with Crippen molar-refractivity contribution in [3.8, 4) is 0 Å². The third-order valence-corrected chi connectivity index (χ3v) is 5.01. The van der Waals surface area contributed by atoms with E-state index in [1.54, 1.807) is 0 Å². The molecule has 0 radical (unpaired) electrons. The Morgan fingerprint density at radius 2 is 1.63 bits per heavy atom. The highest BCUT2D eigenvalue weighted by Gasteiger charge is 2.26. The van der Waals surface area contributed by atoms with Gasteiger partial charge < -0.3 is 0 Å². The van der Waals surface area contributed by atoms with Crippen LogP contribution in [0, 0.1) is 11.8 Å². The summed E-state index contributed by atoms with van der Waals surface area (Å²) in [5.74, 6) is 7.63. The smallest absolute Gasteiger partial charge is 0.0238 e. The van der Waals surface area contributed by atoms with Crippen molar-refractivity contribution in [2.24, 2.45) is 17.7 Å². The fraction of sp³-hybridized carbons (Fsp3) is 1.00. The Morgan fingerprint density at radius 3 is 2.21 bits per heavy atom. The van der Waals surface area contributed by atoms with Crippen molar-refractivity contribution >= 4 is 0 Å². The van der Waals surface area contributed by atoms with Crippen LogP contribution in [0.4, 0.5) is 0 Å². The van der Waals surface area contributed by atoms with Crippen LogP contribution in [0.5, 0.6) is 0 Å². The summed E-state index contributed by atoms with van der Waals surface area (Å²) in [6, 6.07) is 0.573. The van der Waals surface area contributed by atoms with Crippen LogP contribution in [-0.4, -0.2) is 6.04 Å². The lowest BCUT2D eigenvalue weighted by Gasteiger charge is -2.33. The van der Waals surface area contributed by atoms with Gasteiger partial charge in [0, 0.05) is 6.04 Å². The molecule has 3 N–H and O–H groups in total. The summed E-state index contributed by atoms with van der Waals surface area (Å²) in [6.45, 7) is 4.58. The Bertz CT molecular complexity index is 197. The van der Waals surface area contributed by atoms with Crippen molar-refractivity contribution in [2.45, 2.75) is 96.9 Å². The predicted octanol–water partition coefficient (Wildman–Crippen LogP) is 4.79. The third kappa shape index (κ3) is 6.76. The van der Waals surface area contributed by atoms with Crippen LogP contribution in [0.3, 0.4) is 0 Å². The van der Waals surface area contributed by atoms with Gasteiger partial charge in [0.2, 0.25) is 0 Å². The van der Waals surface area contributed by atoms with Crippen molar-refractivity contribution in [3.63, 3.8) is 0 Å². The SMILES string of the molecule is CCCCCCC(NN)C1CCC(CCCC)CC1. The van der Waals surface area contributed by atoms with Gasteiger partial charge in [-0.2, -0.15) is 0 Å². The second kappa shape index (κ2) is 10.7. The first-order valence-electron chi connectivity index (χ1n) is 8.77. The number of hydrogen-bond donors (Lipinski definition) is 2. The second-order valence-corrected chi connectivity index (χ2v) is 6.55. The summed E-state index contributed by atoms with van der Waals surface area (Å²) >= 11 is 0. The summed E-state index contributed by atoms with van der Waals surface area (Å²) in [6.07, 6.45) is 16.6. The van der Waals surface area contributed by atoms with Gasteiger partial charge in [-0.25, -0.2) is 0 Å². The number of nitrogens with one attached hydrogen (secondary N) is 1.